The van der Waals surface area contributed by atoms with E-state index in [2.05, 4.69) is 10.3 Å². The minimum atomic E-state index is -1.74. The van der Waals surface area contributed by atoms with Crippen molar-refractivity contribution in [2.24, 2.45) is 0 Å². The molecule has 1 aromatic rings. The van der Waals surface area contributed by atoms with Gasteiger partial charge < -0.3 is 10.4 Å². The first-order valence-corrected chi connectivity index (χ1v) is 4.92. The van der Waals surface area contributed by atoms with E-state index in [-0.39, 0.29) is 0 Å². The van der Waals surface area contributed by atoms with Crippen LogP contribution in [0.3, 0.4) is 0 Å². The maximum atomic E-state index is 9.22. The van der Waals surface area contributed by atoms with E-state index >= 15 is 0 Å². The summed E-state index contributed by atoms with van der Waals surface area (Å²) in [6.07, 6.45) is 0.326. The Hall–Kier alpha value is 0.260. The highest BCUT2D eigenvalue weighted by Gasteiger charge is 2.31. The molecule has 0 unspecified atom stereocenters. The SMILES string of the molecule is O[C@@H](Nc1nccs1)C(Cl)(Cl)Cl. The molecule has 12 heavy (non-hydrogen) atoms. The molecule has 0 aliphatic carbocycles. The molecule has 7 heteroatoms. The number of nitrogens with zero attached hydrogens (tertiary/aromatic N) is 1. The lowest BCUT2D eigenvalue weighted by atomic mass is 10.6. The quantitative estimate of drug-likeness (QED) is 0.622. The minimum Gasteiger partial charge on any atom is -0.369 e. The first kappa shape index (κ1) is 10.3. The van der Waals surface area contributed by atoms with E-state index in [0.717, 1.165) is 0 Å². The summed E-state index contributed by atoms with van der Waals surface area (Å²) in [6.45, 7) is 0. The number of alkyl halides is 3. The molecule has 1 atom stereocenters. The van der Waals surface area contributed by atoms with E-state index < -0.39 is 10.0 Å². The molecule has 0 bridgehead atoms. The van der Waals surface area contributed by atoms with E-state index in [1.54, 1.807) is 11.6 Å². The van der Waals surface area contributed by atoms with Crippen molar-refractivity contribution >= 4 is 51.3 Å². The lowest BCUT2D eigenvalue weighted by Crippen LogP contribution is -2.33. The molecule has 0 amide bonds. The number of thiazole rings is 1. The van der Waals surface area contributed by atoms with Gasteiger partial charge in [-0.3, -0.25) is 0 Å². The zero-order chi connectivity index (χ0) is 9.19. The molecule has 0 saturated heterocycles. The van der Waals surface area contributed by atoms with Crippen LogP contribution in [0.1, 0.15) is 0 Å². The van der Waals surface area contributed by atoms with Gasteiger partial charge in [0.25, 0.3) is 0 Å². The Bertz CT molecular complexity index is 235. The third kappa shape index (κ3) is 2.95. The Kier molecular flexibility index (Phi) is 3.43. The van der Waals surface area contributed by atoms with Gasteiger partial charge in [0.05, 0.1) is 0 Å². The summed E-state index contributed by atoms with van der Waals surface area (Å²) < 4.78 is -1.74. The predicted octanol–water partition coefficient (Wildman–Crippen LogP) is 2.24. The van der Waals surface area contributed by atoms with Crippen LogP contribution in [-0.4, -0.2) is 20.1 Å². The summed E-state index contributed by atoms with van der Waals surface area (Å²) in [5, 5.41) is 14.0. The monoisotopic (exact) mass is 246 g/mol. The molecule has 0 spiro atoms. The zero-order valence-electron chi connectivity index (χ0n) is 5.67. The Morgan fingerprint density at radius 2 is 2.25 bits per heavy atom. The van der Waals surface area contributed by atoms with Crippen LogP contribution in [0.5, 0.6) is 0 Å². The molecular formula is C5H5Cl3N2OS. The number of hydrogen-bond acceptors (Lipinski definition) is 4. The first-order valence-electron chi connectivity index (χ1n) is 2.91. The molecule has 1 rings (SSSR count). The van der Waals surface area contributed by atoms with Crippen molar-refractivity contribution < 1.29 is 5.11 Å². The second-order valence-corrected chi connectivity index (χ2v) is 5.19. The van der Waals surface area contributed by atoms with E-state index in [0.29, 0.717) is 5.13 Å². The normalized spacial score (nSPS) is 14.3. The Morgan fingerprint density at radius 3 is 2.67 bits per heavy atom. The molecule has 68 valence electrons. The van der Waals surface area contributed by atoms with Crippen LogP contribution >= 0.6 is 46.1 Å². The van der Waals surface area contributed by atoms with E-state index in [9.17, 15) is 5.11 Å². The molecule has 0 saturated carbocycles. The van der Waals surface area contributed by atoms with E-state index in [1.165, 1.54) is 11.3 Å². The molecule has 0 fully saturated rings. The molecule has 3 nitrogen and oxygen atoms in total. The number of aromatic nitrogens is 1. The fourth-order valence-electron chi connectivity index (χ4n) is 0.494. The third-order valence-electron chi connectivity index (χ3n) is 1.00. The van der Waals surface area contributed by atoms with Crippen molar-refractivity contribution in [3.05, 3.63) is 11.6 Å². The van der Waals surface area contributed by atoms with Crippen LogP contribution in [0.25, 0.3) is 0 Å². The standard InChI is InChI=1S/C5H5Cl3N2OS/c6-5(7,8)3(11)10-4-9-1-2-12-4/h1-3,11H,(H,9,10)/t3-/m1/s1. The highest BCUT2D eigenvalue weighted by atomic mass is 35.6. The summed E-state index contributed by atoms with van der Waals surface area (Å²) in [5.74, 6) is 0. The molecule has 2 N–H and O–H groups in total. The van der Waals surface area contributed by atoms with Crippen LogP contribution in [0, 0.1) is 0 Å². The van der Waals surface area contributed by atoms with Crippen LogP contribution in [-0.2, 0) is 0 Å². The second kappa shape index (κ2) is 3.98. The second-order valence-electron chi connectivity index (χ2n) is 1.93. The van der Waals surface area contributed by atoms with E-state index in [4.69, 9.17) is 34.8 Å². The Morgan fingerprint density at radius 1 is 1.58 bits per heavy atom. The maximum Gasteiger partial charge on any atom is 0.234 e. The molecule has 0 aromatic carbocycles. The number of hydrogen-bond donors (Lipinski definition) is 2. The van der Waals surface area contributed by atoms with Gasteiger partial charge in [-0.1, -0.05) is 34.8 Å². The largest absolute Gasteiger partial charge is 0.369 e. The summed E-state index contributed by atoms with van der Waals surface area (Å²) in [6, 6.07) is 0. The fraction of sp³-hybridized carbons (Fsp3) is 0.400. The predicted molar refractivity (Wildman–Crippen MR) is 52.0 cm³/mol. The Balaban J connectivity index is 2.53. The molecule has 1 heterocycles. The maximum absolute atomic E-state index is 9.22. The van der Waals surface area contributed by atoms with Crippen molar-refractivity contribution in [1.29, 1.82) is 0 Å². The van der Waals surface area contributed by atoms with Crippen molar-refractivity contribution in [1.82, 2.24) is 4.98 Å². The van der Waals surface area contributed by atoms with Crippen LogP contribution in [0.2, 0.25) is 0 Å². The average molecular weight is 248 g/mol. The Labute approximate surface area is 88.3 Å². The van der Waals surface area contributed by atoms with Gasteiger partial charge in [-0.2, -0.15) is 0 Å². The van der Waals surface area contributed by atoms with Gasteiger partial charge >= 0.3 is 0 Å². The zero-order valence-corrected chi connectivity index (χ0v) is 8.75. The van der Waals surface area contributed by atoms with Crippen molar-refractivity contribution in [3.63, 3.8) is 0 Å². The van der Waals surface area contributed by atoms with Crippen LogP contribution in [0.15, 0.2) is 11.6 Å². The van der Waals surface area contributed by atoms with Crippen LogP contribution < -0.4 is 5.32 Å². The topological polar surface area (TPSA) is 45.1 Å². The lowest BCUT2D eigenvalue weighted by molar-refractivity contribution is 0.208. The summed E-state index contributed by atoms with van der Waals surface area (Å²) in [5.41, 5.74) is 0. The van der Waals surface area contributed by atoms with Gasteiger partial charge in [0.2, 0.25) is 3.79 Å². The highest BCUT2D eigenvalue weighted by molar-refractivity contribution is 7.13. The van der Waals surface area contributed by atoms with Gasteiger partial charge in [-0.25, -0.2) is 4.98 Å². The summed E-state index contributed by atoms with van der Waals surface area (Å²) in [7, 11) is 0. The third-order valence-corrected chi connectivity index (χ3v) is 2.33. The minimum absolute atomic E-state index is 0.508. The molecule has 0 aliphatic heterocycles. The number of aliphatic hydroxyl groups is 1. The van der Waals surface area contributed by atoms with Gasteiger partial charge in [0, 0.05) is 11.6 Å². The fourth-order valence-corrected chi connectivity index (χ4v) is 1.21. The van der Waals surface area contributed by atoms with Gasteiger partial charge in [0.1, 0.15) is 0 Å². The number of nitrogens with one attached hydrogen (secondary N) is 1. The van der Waals surface area contributed by atoms with E-state index in [1.807, 2.05) is 0 Å². The molecule has 0 aliphatic rings. The van der Waals surface area contributed by atoms with Crippen molar-refractivity contribution in [2.75, 3.05) is 5.32 Å². The van der Waals surface area contributed by atoms with Crippen molar-refractivity contribution in [2.45, 2.75) is 10.0 Å². The smallest absolute Gasteiger partial charge is 0.234 e. The summed E-state index contributed by atoms with van der Waals surface area (Å²) >= 11 is 17.5. The molecular weight excluding hydrogens is 242 g/mol. The average Bonchev–Trinajstić information content (AvgIpc) is 2.37. The first-order chi connectivity index (χ1) is 5.50. The molecule has 1 aromatic heterocycles. The molecule has 0 radical (unpaired) electrons. The number of halogens is 3. The van der Waals surface area contributed by atoms with Gasteiger partial charge in [-0.15, -0.1) is 11.3 Å². The summed E-state index contributed by atoms with van der Waals surface area (Å²) in [4.78, 5) is 3.84. The number of rotatable bonds is 2. The number of aliphatic hydroxyl groups excluding tert-OH is 1. The van der Waals surface area contributed by atoms with Gasteiger partial charge in [-0.05, 0) is 0 Å². The van der Waals surface area contributed by atoms with Gasteiger partial charge in [0.15, 0.2) is 11.4 Å². The van der Waals surface area contributed by atoms with Crippen molar-refractivity contribution in [3.8, 4) is 0 Å². The number of anilines is 1. The lowest BCUT2D eigenvalue weighted by Gasteiger charge is -2.19. The van der Waals surface area contributed by atoms with Crippen LogP contribution in [0.4, 0.5) is 5.13 Å². The highest BCUT2D eigenvalue weighted by Crippen LogP contribution is 2.31.